The molecule has 1 atom stereocenters. The minimum Gasteiger partial charge on any atom is -0.349 e. The number of carbonyl (C=O) groups is 1. The summed E-state index contributed by atoms with van der Waals surface area (Å²) in [5.74, 6) is -1.44. The Kier molecular flexibility index (Phi) is 7.39. The van der Waals surface area contributed by atoms with Crippen LogP contribution in [0.15, 0.2) is 36.4 Å². The molecule has 1 aliphatic rings. The highest BCUT2D eigenvalue weighted by Gasteiger charge is 2.32. The number of carbonyl (C=O) groups excluding carboxylic acids is 1. The van der Waals surface area contributed by atoms with E-state index in [9.17, 15) is 17.6 Å². The Morgan fingerprint density at radius 2 is 1.90 bits per heavy atom. The van der Waals surface area contributed by atoms with E-state index in [0.717, 1.165) is 11.1 Å². The van der Waals surface area contributed by atoms with Gasteiger partial charge in [0.25, 0.3) is 0 Å². The van der Waals surface area contributed by atoms with E-state index in [0.29, 0.717) is 12.8 Å². The first-order valence-corrected chi connectivity index (χ1v) is 12.4. The molecule has 5 nitrogen and oxygen atoms in total. The van der Waals surface area contributed by atoms with Crippen LogP contribution in [-0.4, -0.2) is 31.7 Å². The second-order valence-corrected chi connectivity index (χ2v) is 10.6. The topological polar surface area (TPSA) is 66.5 Å². The van der Waals surface area contributed by atoms with Crippen molar-refractivity contribution in [3.8, 4) is 0 Å². The van der Waals surface area contributed by atoms with Crippen molar-refractivity contribution in [3.05, 3.63) is 69.5 Å². The van der Waals surface area contributed by atoms with Gasteiger partial charge in [0.15, 0.2) is 0 Å². The van der Waals surface area contributed by atoms with Gasteiger partial charge in [-0.2, -0.15) is 0 Å². The van der Waals surface area contributed by atoms with Crippen LogP contribution in [0.1, 0.15) is 48.1 Å². The lowest BCUT2D eigenvalue weighted by molar-refractivity contribution is -0.126. The van der Waals surface area contributed by atoms with Crippen LogP contribution in [0, 0.1) is 25.6 Å². The second kappa shape index (κ2) is 9.67. The number of hydrogen-bond donors (Lipinski definition) is 1. The Balaban J connectivity index is 1.59. The van der Waals surface area contributed by atoms with E-state index < -0.39 is 21.6 Å². The average Bonchev–Trinajstić information content (AvgIpc) is 2.71. The molecule has 3 rings (SSSR count). The molecular weight excluding hydrogens is 439 g/mol. The monoisotopic (exact) mass is 466 g/mol. The number of piperidine rings is 1. The van der Waals surface area contributed by atoms with Crippen molar-refractivity contribution in [2.24, 2.45) is 5.92 Å². The number of amides is 1. The zero-order chi connectivity index (χ0) is 22.8. The molecule has 168 valence electrons. The third-order valence-corrected chi connectivity index (χ3v) is 8.02. The Bertz CT molecular complexity index is 1050. The smallest absolute Gasteiger partial charge is 0.223 e. The van der Waals surface area contributed by atoms with Crippen LogP contribution in [-0.2, 0) is 20.6 Å². The molecule has 0 spiro atoms. The highest BCUT2D eigenvalue weighted by atomic mass is 35.5. The fraction of sp³-hybridized carbons (Fsp3) is 0.435. The lowest BCUT2D eigenvalue weighted by Gasteiger charge is -2.31. The average molecular weight is 467 g/mol. The maximum Gasteiger partial charge on any atom is 0.223 e. The molecule has 2 aromatic carbocycles. The van der Waals surface area contributed by atoms with Crippen molar-refractivity contribution in [3.63, 3.8) is 0 Å². The predicted molar refractivity (Wildman–Crippen MR) is 121 cm³/mol. The summed E-state index contributed by atoms with van der Waals surface area (Å²) < 4.78 is 40.9. The fourth-order valence-corrected chi connectivity index (χ4v) is 5.98. The molecule has 0 bridgehead atoms. The van der Waals surface area contributed by atoms with Gasteiger partial charge in [0.05, 0.1) is 11.8 Å². The number of aryl methyl sites for hydroxylation is 2. The van der Waals surface area contributed by atoms with Crippen molar-refractivity contribution in [2.45, 2.75) is 45.4 Å². The quantitative estimate of drug-likeness (QED) is 0.680. The van der Waals surface area contributed by atoms with E-state index in [4.69, 9.17) is 11.6 Å². The van der Waals surface area contributed by atoms with Crippen molar-refractivity contribution >= 4 is 27.5 Å². The van der Waals surface area contributed by atoms with Gasteiger partial charge in [-0.3, -0.25) is 4.79 Å². The van der Waals surface area contributed by atoms with Gasteiger partial charge in [-0.1, -0.05) is 41.4 Å². The highest BCUT2D eigenvalue weighted by Crippen LogP contribution is 2.27. The molecule has 0 aliphatic carbocycles. The van der Waals surface area contributed by atoms with E-state index in [1.807, 2.05) is 32.9 Å². The van der Waals surface area contributed by atoms with Crippen molar-refractivity contribution in [1.29, 1.82) is 0 Å². The summed E-state index contributed by atoms with van der Waals surface area (Å²) in [6, 6.07) is 10.1. The fourth-order valence-electron chi connectivity index (χ4n) is 4.06. The molecule has 31 heavy (non-hydrogen) atoms. The minimum absolute atomic E-state index is 0.0219. The van der Waals surface area contributed by atoms with Gasteiger partial charge in [-0.05, 0) is 56.9 Å². The van der Waals surface area contributed by atoms with Gasteiger partial charge in [0, 0.05) is 29.6 Å². The molecule has 1 amide bonds. The maximum absolute atomic E-state index is 14.0. The first-order chi connectivity index (χ1) is 14.6. The van der Waals surface area contributed by atoms with Crippen LogP contribution in [0.3, 0.4) is 0 Å². The summed E-state index contributed by atoms with van der Waals surface area (Å²) >= 11 is 5.98. The number of benzene rings is 2. The summed E-state index contributed by atoms with van der Waals surface area (Å²) in [7, 11) is -3.73. The third-order valence-electron chi connectivity index (χ3n) is 5.86. The Morgan fingerprint density at radius 1 is 1.23 bits per heavy atom. The molecule has 2 aromatic rings. The number of rotatable bonds is 6. The summed E-state index contributed by atoms with van der Waals surface area (Å²) in [5.41, 5.74) is 3.35. The Labute approximate surface area is 188 Å². The van der Waals surface area contributed by atoms with Gasteiger partial charge in [0.2, 0.25) is 15.9 Å². The minimum atomic E-state index is -3.73. The first-order valence-electron chi connectivity index (χ1n) is 10.4. The van der Waals surface area contributed by atoms with E-state index in [1.165, 1.54) is 28.1 Å². The lowest BCUT2D eigenvalue weighted by Crippen LogP contribution is -2.43. The molecule has 0 aromatic heterocycles. The van der Waals surface area contributed by atoms with Gasteiger partial charge in [-0.25, -0.2) is 17.1 Å². The molecular formula is C23H28ClFN2O3S. The van der Waals surface area contributed by atoms with E-state index in [1.54, 1.807) is 0 Å². The van der Waals surface area contributed by atoms with Crippen LogP contribution in [0.25, 0.3) is 0 Å². The third kappa shape index (κ3) is 5.64. The molecule has 1 fully saturated rings. The second-order valence-electron chi connectivity index (χ2n) is 8.22. The van der Waals surface area contributed by atoms with Gasteiger partial charge in [0.1, 0.15) is 5.82 Å². The Morgan fingerprint density at radius 3 is 2.52 bits per heavy atom. The molecule has 1 N–H and O–H groups in total. The van der Waals surface area contributed by atoms with Gasteiger partial charge in [-0.15, -0.1) is 0 Å². The van der Waals surface area contributed by atoms with Crippen LogP contribution in [0.5, 0.6) is 0 Å². The van der Waals surface area contributed by atoms with Crippen LogP contribution in [0.4, 0.5) is 4.39 Å². The molecule has 0 saturated carbocycles. The summed E-state index contributed by atoms with van der Waals surface area (Å²) in [4.78, 5) is 12.8. The zero-order valence-electron chi connectivity index (χ0n) is 18.0. The highest BCUT2D eigenvalue weighted by molar-refractivity contribution is 7.88. The molecule has 1 saturated heterocycles. The normalized spacial score (nSPS) is 16.8. The van der Waals surface area contributed by atoms with Crippen LogP contribution >= 0.6 is 11.6 Å². The summed E-state index contributed by atoms with van der Waals surface area (Å²) in [5, 5.41) is 3.16. The van der Waals surface area contributed by atoms with Crippen LogP contribution in [0.2, 0.25) is 5.02 Å². The molecule has 1 heterocycles. The van der Waals surface area contributed by atoms with Crippen molar-refractivity contribution < 1.29 is 17.6 Å². The van der Waals surface area contributed by atoms with Crippen molar-refractivity contribution in [2.75, 3.05) is 13.1 Å². The number of nitrogens with one attached hydrogen (secondary N) is 1. The molecule has 0 unspecified atom stereocenters. The SMILES string of the molecule is Cc1ccc([C@@H](C)NC(=O)C2CCN(S(=O)(=O)Cc3c(F)cccc3Cl)CC2)c(C)c1. The zero-order valence-corrected chi connectivity index (χ0v) is 19.6. The largest absolute Gasteiger partial charge is 0.349 e. The Hall–Kier alpha value is -1.96. The van der Waals surface area contributed by atoms with E-state index in [-0.39, 0.29) is 41.5 Å². The van der Waals surface area contributed by atoms with Gasteiger partial charge >= 0.3 is 0 Å². The summed E-state index contributed by atoms with van der Waals surface area (Å²) in [6.45, 7) is 6.46. The van der Waals surface area contributed by atoms with Crippen molar-refractivity contribution in [1.82, 2.24) is 9.62 Å². The lowest BCUT2D eigenvalue weighted by atomic mass is 9.95. The predicted octanol–water partition coefficient (Wildman–Crippen LogP) is 4.52. The number of hydrogen-bond acceptors (Lipinski definition) is 3. The number of halogens is 2. The first kappa shape index (κ1) is 23.7. The van der Waals surface area contributed by atoms with E-state index in [2.05, 4.69) is 11.4 Å². The standard InChI is InChI=1S/C23H28ClFN2O3S/c1-15-7-8-19(16(2)13-15)17(3)26-23(28)18-9-11-27(12-10-18)31(29,30)14-20-21(24)5-4-6-22(20)25/h4-8,13,17-18H,9-12,14H2,1-3H3,(H,26,28)/t17-/m1/s1. The number of nitrogens with zero attached hydrogens (tertiary/aromatic N) is 1. The van der Waals surface area contributed by atoms with E-state index >= 15 is 0 Å². The van der Waals surface area contributed by atoms with Crippen LogP contribution < -0.4 is 5.32 Å². The maximum atomic E-state index is 14.0. The number of sulfonamides is 1. The molecule has 8 heteroatoms. The molecule has 0 radical (unpaired) electrons. The van der Waals surface area contributed by atoms with Gasteiger partial charge < -0.3 is 5.32 Å². The summed E-state index contributed by atoms with van der Waals surface area (Å²) in [6.07, 6.45) is 0.853. The molecule has 1 aliphatic heterocycles.